The molecule has 0 atom stereocenters. The van der Waals surface area contributed by atoms with Crippen molar-refractivity contribution in [3.63, 3.8) is 0 Å². The van der Waals surface area contributed by atoms with Crippen LogP contribution in [0.4, 0.5) is 0 Å². The van der Waals surface area contributed by atoms with Crippen molar-refractivity contribution in [1.82, 2.24) is 10.3 Å². The first-order chi connectivity index (χ1) is 8.86. The molecule has 92 valence electrons. The number of pyridine rings is 1. The standard InChI is InChI=1S/C16H18N2/c1-14(16-7-3-2-4-8-16)12-18-11-9-15-6-5-10-17-13-15/h2-8,10,13,18H,1,9,11-12H2. The Morgan fingerprint density at radius 2 is 1.94 bits per heavy atom. The molecule has 0 unspecified atom stereocenters. The predicted molar refractivity (Wildman–Crippen MR) is 76.3 cm³/mol. The van der Waals surface area contributed by atoms with Crippen molar-refractivity contribution in [2.75, 3.05) is 13.1 Å². The largest absolute Gasteiger partial charge is 0.312 e. The van der Waals surface area contributed by atoms with Crippen molar-refractivity contribution in [1.29, 1.82) is 0 Å². The number of rotatable bonds is 6. The van der Waals surface area contributed by atoms with Crippen LogP contribution in [0.2, 0.25) is 0 Å². The number of hydrogen-bond donors (Lipinski definition) is 1. The first-order valence-electron chi connectivity index (χ1n) is 6.19. The molecule has 0 radical (unpaired) electrons. The van der Waals surface area contributed by atoms with E-state index in [1.54, 1.807) is 6.20 Å². The third-order valence-electron chi connectivity index (χ3n) is 2.83. The Morgan fingerprint density at radius 3 is 2.67 bits per heavy atom. The van der Waals surface area contributed by atoms with Gasteiger partial charge in [0.15, 0.2) is 0 Å². The molecule has 0 saturated heterocycles. The lowest BCUT2D eigenvalue weighted by Gasteiger charge is -2.07. The van der Waals surface area contributed by atoms with E-state index in [0.29, 0.717) is 0 Å². The summed E-state index contributed by atoms with van der Waals surface area (Å²) in [6, 6.07) is 14.3. The molecule has 2 heteroatoms. The zero-order valence-corrected chi connectivity index (χ0v) is 10.5. The molecule has 2 aromatic rings. The van der Waals surface area contributed by atoms with E-state index in [9.17, 15) is 0 Å². The molecular formula is C16H18N2. The molecule has 0 aliphatic heterocycles. The monoisotopic (exact) mass is 238 g/mol. The molecule has 0 fully saturated rings. The first kappa shape index (κ1) is 12.5. The van der Waals surface area contributed by atoms with Crippen LogP contribution in [-0.2, 0) is 6.42 Å². The average Bonchev–Trinajstić information content (AvgIpc) is 2.45. The minimum atomic E-state index is 0.824. The molecule has 1 aromatic heterocycles. The molecule has 2 rings (SSSR count). The molecule has 0 bridgehead atoms. The lowest BCUT2D eigenvalue weighted by Crippen LogP contribution is -2.19. The van der Waals surface area contributed by atoms with E-state index in [2.05, 4.69) is 35.1 Å². The van der Waals surface area contributed by atoms with Crippen molar-refractivity contribution in [3.8, 4) is 0 Å². The molecule has 0 spiro atoms. The maximum Gasteiger partial charge on any atom is 0.0300 e. The van der Waals surface area contributed by atoms with Crippen LogP contribution in [0.5, 0.6) is 0 Å². The van der Waals surface area contributed by atoms with Crippen molar-refractivity contribution in [2.24, 2.45) is 0 Å². The molecule has 0 aliphatic rings. The molecule has 0 amide bonds. The van der Waals surface area contributed by atoms with Crippen molar-refractivity contribution in [2.45, 2.75) is 6.42 Å². The number of nitrogens with one attached hydrogen (secondary N) is 1. The summed E-state index contributed by atoms with van der Waals surface area (Å²) in [5.74, 6) is 0. The van der Waals surface area contributed by atoms with E-state index in [1.807, 2.05) is 30.5 Å². The van der Waals surface area contributed by atoms with Gasteiger partial charge in [-0.3, -0.25) is 4.98 Å². The van der Waals surface area contributed by atoms with Gasteiger partial charge in [0.1, 0.15) is 0 Å². The average molecular weight is 238 g/mol. The van der Waals surface area contributed by atoms with E-state index in [-0.39, 0.29) is 0 Å². The number of hydrogen-bond acceptors (Lipinski definition) is 2. The van der Waals surface area contributed by atoms with Crippen LogP contribution in [0.1, 0.15) is 11.1 Å². The third kappa shape index (κ3) is 3.82. The summed E-state index contributed by atoms with van der Waals surface area (Å²) in [6.07, 6.45) is 4.71. The van der Waals surface area contributed by atoms with Gasteiger partial charge in [-0.05, 0) is 35.7 Å². The van der Waals surface area contributed by atoms with Gasteiger partial charge in [-0.1, -0.05) is 43.0 Å². The van der Waals surface area contributed by atoms with Crippen LogP contribution in [-0.4, -0.2) is 18.1 Å². The summed E-state index contributed by atoms with van der Waals surface area (Å²) in [5, 5.41) is 3.40. The van der Waals surface area contributed by atoms with Crippen LogP contribution in [0, 0.1) is 0 Å². The number of nitrogens with zero attached hydrogens (tertiary/aromatic N) is 1. The van der Waals surface area contributed by atoms with E-state index in [0.717, 1.165) is 25.1 Å². The molecule has 2 nitrogen and oxygen atoms in total. The smallest absolute Gasteiger partial charge is 0.0300 e. The molecule has 1 heterocycles. The summed E-state index contributed by atoms with van der Waals surface area (Å²) in [6.45, 7) is 5.86. The molecule has 1 N–H and O–H groups in total. The SMILES string of the molecule is C=C(CNCCc1cccnc1)c1ccccc1. The Bertz CT molecular complexity index is 477. The number of benzene rings is 1. The van der Waals surface area contributed by atoms with Crippen LogP contribution in [0.15, 0.2) is 61.4 Å². The Morgan fingerprint density at radius 1 is 1.11 bits per heavy atom. The second kappa shape index (κ2) is 6.72. The minimum Gasteiger partial charge on any atom is -0.312 e. The predicted octanol–water partition coefficient (Wildman–Crippen LogP) is 2.93. The second-order valence-electron chi connectivity index (χ2n) is 4.26. The van der Waals surface area contributed by atoms with Crippen LogP contribution < -0.4 is 5.32 Å². The van der Waals surface area contributed by atoms with E-state index < -0.39 is 0 Å². The third-order valence-corrected chi connectivity index (χ3v) is 2.83. The zero-order valence-electron chi connectivity index (χ0n) is 10.5. The Kier molecular flexibility index (Phi) is 4.68. The fourth-order valence-corrected chi connectivity index (χ4v) is 1.79. The van der Waals surface area contributed by atoms with Crippen LogP contribution in [0.25, 0.3) is 5.57 Å². The van der Waals surface area contributed by atoms with Crippen molar-refractivity contribution in [3.05, 3.63) is 72.6 Å². The van der Waals surface area contributed by atoms with Gasteiger partial charge in [-0.15, -0.1) is 0 Å². The number of aromatic nitrogens is 1. The molecular weight excluding hydrogens is 220 g/mol. The Balaban J connectivity index is 1.72. The summed E-state index contributed by atoms with van der Waals surface area (Å²) in [4.78, 5) is 4.10. The summed E-state index contributed by atoms with van der Waals surface area (Å²) < 4.78 is 0. The van der Waals surface area contributed by atoms with Gasteiger partial charge >= 0.3 is 0 Å². The zero-order chi connectivity index (χ0) is 12.6. The van der Waals surface area contributed by atoms with E-state index >= 15 is 0 Å². The molecule has 18 heavy (non-hydrogen) atoms. The van der Waals surface area contributed by atoms with Gasteiger partial charge in [0.25, 0.3) is 0 Å². The van der Waals surface area contributed by atoms with Gasteiger partial charge in [0.05, 0.1) is 0 Å². The maximum absolute atomic E-state index is 4.10. The van der Waals surface area contributed by atoms with Gasteiger partial charge < -0.3 is 5.32 Å². The fraction of sp³-hybridized carbons (Fsp3) is 0.188. The van der Waals surface area contributed by atoms with Crippen LogP contribution >= 0.6 is 0 Å². The molecule has 0 aliphatic carbocycles. The topological polar surface area (TPSA) is 24.9 Å². The minimum absolute atomic E-state index is 0.824. The highest BCUT2D eigenvalue weighted by Gasteiger charge is 1.97. The summed E-state index contributed by atoms with van der Waals surface area (Å²) in [7, 11) is 0. The van der Waals surface area contributed by atoms with Gasteiger partial charge in [0.2, 0.25) is 0 Å². The fourth-order valence-electron chi connectivity index (χ4n) is 1.79. The lowest BCUT2D eigenvalue weighted by molar-refractivity contribution is 0.750. The summed E-state index contributed by atoms with van der Waals surface area (Å²) >= 11 is 0. The molecule has 0 saturated carbocycles. The normalized spacial score (nSPS) is 10.2. The van der Waals surface area contributed by atoms with Gasteiger partial charge in [-0.2, -0.15) is 0 Å². The Hall–Kier alpha value is -1.93. The highest BCUT2D eigenvalue weighted by atomic mass is 14.8. The highest BCUT2D eigenvalue weighted by Crippen LogP contribution is 2.09. The first-order valence-corrected chi connectivity index (χ1v) is 6.19. The Labute approximate surface area is 108 Å². The second-order valence-corrected chi connectivity index (χ2v) is 4.26. The van der Waals surface area contributed by atoms with E-state index in [4.69, 9.17) is 0 Å². The van der Waals surface area contributed by atoms with E-state index in [1.165, 1.54) is 11.1 Å². The van der Waals surface area contributed by atoms with Gasteiger partial charge in [-0.25, -0.2) is 0 Å². The van der Waals surface area contributed by atoms with Crippen molar-refractivity contribution < 1.29 is 0 Å². The quantitative estimate of drug-likeness (QED) is 0.783. The highest BCUT2D eigenvalue weighted by molar-refractivity contribution is 5.64. The lowest BCUT2D eigenvalue weighted by atomic mass is 10.1. The van der Waals surface area contributed by atoms with Crippen molar-refractivity contribution >= 4 is 5.57 Å². The molecule has 1 aromatic carbocycles. The maximum atomic E-state index is 4.10. The summed E-state index contributed by atoms with van der Waals surface area (Å²) in [5.41, 5.74) is 3.59. The van der Waals surface area contributed by atoms with Crippen LogP contribution in [0.3, 0.4) is 0 Å². The van der Waals surface area contributed by atoms with Gasteiger partial charge in [0, 0.05) is 18.9 Å².